The molecule has 0 aromatic carbocycles. The molecule has 0 N–H and O–H groups in total. The molecule has 0 aromatic heterocycles. The Morgan fingerprint density at radius 1 is 1.00 bits per heavy atom. The summed E-state index contributed by atoms with van der Waals surface area (Å²) < 4.78 is 5.45. The first-order chi connectivity index (χ1) is 6.77. The van der Waals surface area contributed by atoms with E-state index in [0.717, 1.165) is 13.0 Å². The van der Waals surface area contributed by atoms with E-state index in [1.807, 2.05) is 0 Å². The van der Waals surface area contributed by atoms with Crippen molar-refractivity contribution >= 4 is 58.8 Å². The number of hydrogen-bond acceptors (Lipinski definition) is 2. The number of thiocarbonyl (C=S) groups is 1. The van der Waals surface area contributed by atoms with Crippen LogP contribution in [-0.4, -0.2) is 40.5 Å². The van der Waals surface area contributed by atoms with Crippen LogP contribution < -0.4 is 0 Å². The maximum atomic E-state index is 5.08. The van der Waals surface area contributed by atoms with Crippen LogP contribution in [0.4, 0.5) is 0 Å². The third-order valence-electron chi connectivity index (χ3n) is 2.22. The molecular formula is C11H23NaOS2. The van der Waals surface area contributed by atoms with Crippen LogP contribution >= 0.6 is 24.8 Å². The molecule has 0 amide bonds. The summed E-state index contributed by atoms with van der Waals surface area (Å²) in [4.78, 5) is 0. The van der Waals surface area contributed by atoms with Crippen molar-refractivity contribution in [1.82, 2.24) is 0 Å². The standard InChI is InChI=1S/C11H22OS2.Na.H/c1-2-3-4-5-6-7-8-9-10-12-11(13)14;;/h2-10H2,1H3,(H,13,14);;. The van der Waals surface area contributed by atoms with Gasteiger partial charge in [0.15, 0.2) is 0 Å². The Hall–Kier alpha value is 1.24. The Balaban J connectivity index is 0. The molecule has 0 bridgehead atoms. The van der Waals surface area contributed by atoms with Crippen LogP contribution in [0, 0.1) is 0 Å². The molecule has 0 heterocycles. The van der Waals surface area contributed by atoms with Crippen LogP contribution in [0.3, 0.4) is 0 Å². The van der Waals surface area contributed by atoms with E-state index in [1.54, 1.807) is 0 Å². The van der Waals surface area contributed by atoms with Gasteiger partial charge in [0.2, 0.25) is 4.38 Å². The topological polar surface area (TPSA) is 9.23 Å². The molecule has 0 aliphatic carbocycles. The molecule has 0 aromatic rings. The van der Waals surface area contributed by atoms with Crippen LogP contribution in [0.25, 0.3) is 0 Å². The summed E-state index contributed by atoms with van der Waals surface area (Å²) in [6.07, 6.45) is 10.5. The quantitative estimate of drug-likeness (QED) is 0.292. The van der Waals surface area contributed by atoms with Crippen LogP contribution in [0.5, 0.6) is 0 Å². The average molecular weight is 258 g/mol. The molecule has 0 aliphatic rings. The van der Waals surface area contributed by atoms with Crippen molar-refractivity contribution in [3.8, 4) is 0 Å². The average Bonchev–Trinajstić information content (AvgIpc) is 2.15. The van der Waals surface area contributed by atoms with Gasteiger partial charge in [-0.15, -0.1) is 0 Å². The van der Waals surface area contributed by atoms with E-state index in [9.17, 15) is 0 Å². The molecule has 4 heteroatoms. The van der Waals surface area contributed by atoms with Gasteiger partial charge in [-0.3, -0.25) is 0 Å². The first-order valence-electron chi connectivity index (χ1n) is 5.63. The van der Waals surface area contributed by atoms with Crippen molar-refractivity contribution in [1.29, 1.82) is 0 Å². The predicted molar refractivity (Wildman–Crippen MR) is 77.3 cm³/mol. The van der Waals surface area contributed by atoms with Gasteiger partial charge in [0, 0.05) is 0 Å². The second-order valence-corrected chi connectivity index (χ2v) is 4.67. The van der Waals surface area contributed by atoms with Gasteiger partial charge >= 0.3 is 29.6 Å². The molecular weight excluding hydrogens is 235 g/mol. The summed E-state index contributed by atoms with van der Waals surface area (Å²) in [5, 5.41) is 0. The molecule has 1 nitrogen and oxygen atoms in total. The number of ether oxygens (including phenoxy) is 1. The number of hydrogen-bond donors (Lipinski definition) is 1. The summed E-state index contributed by atoms with van der Waals surface area (Å²) in [5.41, 5.74) is 0. The zero-order valence-electron chi connectivity index (χ0n) is 9.13. The second-order valence-electron chi connectivity index (χ2n) is 3.59. The number of unbranched alkanes of at least 4 members (excludes halogenated alkanes) is 7. The van der Waals surface area contributed by atoms with Gasteiger partial charge in [-0.25, -0.2) is 0 Å². The predicted octanol–water partition coefficient (Wildman–Crippen LogP) is 3.71. The van der Waals surface area contributed by atoms with Crippen molar-refractivity contribution in [2.24, 2.45) is 0 Å². The van der Waals surface area contributed by atoms with E-state index in [1.165, 1.54) is 44.9 Å². The molecule has 0 atom stereocenters. The molecule has 0 fully saturated rings. The number of thiol groups is 1. The van der Waals surface area contributed by atoms with Crippen molar-refractivity contribution in [3.05, 3.63) is 0 Å². The van der Waals surface area contributed by atoms with Crippen LogP contribution in [0.15, 0.2) is 0 Å². The van der Waals surface area contributed by atoms with Gasteiger partial charge in [0.05, 0.1) is 6.61 Å². The van der Waals surface area contributed by atoms with E-state index < -0.39 is 0 Å². The fraction of sp³-hybridized carbons (Fsp3) is 0.909. The van der Waals surface area contributed by atoms with E-state index in [4.69, 9.17) is 4.74 Å². The molecule has 0 spiro atoms. The maximum absolute atomic E-state index is 5.08. The van der Waals surface area contributed by atoms with Crippen molar-refractivity contribution in [2.75, 3.05) is 6.61 Å². The SMILES string of the molecule is CCCCCCCCCCOC(=S)S.[NaH]. The number of rotatable bonds is 9. The third-order valence-corrected chi connectivity index (χ3v) is 2.47. The summed E-state index contributed by atoms with van der Waals surface area (Å²) >= 11 is 8.58. The molecule has 0 radical (unpaired) electrons. The van der Waals surface area contributed by atoms with Crippen LogP contribution in [0.2, 0.25) is 0 Å². The van der Waals surface area contributed by atoms with E-state index in [2.05, 4.69) is 31.8 Å². The first-order valence-corrected chi connectivity index (χ1v) is 6.48. The molecule has 0 saturated heterocycles. The van der Waals surface area contributed by atoms with Gasteiger partial charge < -0.3 is 4.74 Å². The molecule has 86 valence electrons. The minimum atomic E-state index is 0. The monoisotopic (exact) mass is 258 g/mol. The Kier molecular flexibility index (Phi) is 18.9. The summed E-state index contributed by atoms with van der Waals surface area (Å²) in [5.74, 6) is 0. The fourth-order valence-corrected chi connectivity index (χ4v) is 1.57. The van der Waals surface area contributed by atoms with Crippen molar-refractivity contribution in [2.45, 2.75) is 58.3 Å². The third kappa shape index (κ3) is 17.8. The van der Waals surface area contributed by atoms with Gasteiger partial charge in [0.1, 0.15) is 0 Å². The molecule has 0 saturated carbocycles. The normalized spacial score (nSPS) is 9.47. The van der Waals surface area contributed by atoms with E-state index in [-0.39, 0.29) is 29.6 Å². The molecule has 15 heavy (non-hydrogen) atoms. The first kappa shape index (κ1) is 18.6. The Morgan fingerprint density at radius 2 is 1.47 bits per heavy atom. The van der Waals surface area contributed by atoms with Crippen LogP contribution in [0.1, 0.15) is 58.3 Å². The summed E-state index contributed by atoms with van der Waals surface area (Å²) in [7, 11) is 0. The molecule has 0 unspecified atom stereocenters. The Morgan fingerprint density at radius 3 is 1.93 bits per heavy atom. The molecule has 0 rings (SSSR count). The van der Waals surface area contributed by atoms with E-state index in [0.29, 0.717) is 4.38 Å². The zero-order valence-corrected chi connectivity index (χ0v) is 10.8. The van der Waals surface area contributed by atoms with Crippen molar-refractivity contribution in [3.63, 3.8) is 0 Å². The summed E-state index contributed by atoms with van der Waals surface area (Å²) in [6, 6.07) is 0. The van der Waals surface area contributed by atoms with Gasteiger partial charge in [-0.2, -0.15) is 0 Å². The molecule has 0 aliphatic heterocycles. The minimum absolute atomic E-state index is 0. The fourth-order valence-electron chi connectivity index (χ4n) is 1.40. The van der Waals surface area contributed by atoms with Gasteiger partial charge in [-0.1, -0.05) is 64.5 Å². The van der Waals surface area contributed by atoms with Gasteiger partial charge in [-0.05, 0) is 18.6 Å². The Bertz CT molecular complexity index is 143. The zero-order chi connectivity index (χ0) is 10.6. The summed E-state index contributed by atoms with van der Waals surface area (Å²) in [6.45, 7) is 2.98. The second kappa shape index (κ2) is 15.2. The van der Waals surface area contributed by atoms with Crippen LogP contribution in [-0.2, 0) is 4.74 Å². The van der Waals surface area contributed by atoms with E-state index >= 15 is 0 Å². The van der Waals surface area contributed by atoms with Crippen molar-refractivity contribution < 1.29 is 4.74 Å². The van der Waals surface area contributed by atoms with Gasteiger partial charge in [0.25, 0.3) is 0 Å². The Labute approximate surface area is 127 Å².